The Morgan fingerprint density at radius 1 is 1.19 bits per heavy atom. The van der Waals surface area contributed by atoms with E-state index in [0.717, 1.165) is 0 Å². The lowest BCUT2D eigenvalue weighted by Crippen LogP contribution is -2.42. The zero-order valence-electron chi connectivity index (χ0n) is 13.9. The molecule has 26 heavy (non-hydrogen) atoms. The maximum Gasteiger partial charge on any atom is 0.393 e. The molecule has 0 spiro atoms. The largest absolute Gasteiger partial charge is 0.399 e. The number of nitrogen functional groups attached to an aromatic ring is 1. The fraction of sp³-hybridized carbons (Fsp3) is 0.562. The minimum absolute atomic E-state index is 0.0146. The smallest absolute Gasteiger partial charge is 0.393 e. The fourth-order valence-corrected chi connectivity index (χ4v) is 5.32. The second kappa shape index (κ2) is 6.64. The molecule has 2 heterocycles. The summed E-state index contributed by atoms with van der Waals surface area (Å²) >= 11 is 0. The second-order valence-corrected chi connectivity index (χ2v) is 9.05. The maximum atomic E-state index is 13.0. The predicted molar refractivity (Wildman–Crippen MR) is 91.4 cm³/mol. The summed E-state index contributed by atoms with van der Waals surface area (Å²) in [4.78, 5) is 14.0. The molecule has 0 saturated carbocycles. The van der Waals surface area contributed by atoms with Crippen molar-refractivity contribution < 1.29 is 26.4 Å². The number of amides is 1. The van der Waals surface area contributed by atoms with Gasteiger partial charge in [-0.15, -0.1) is 0 Å². The first-order valence-electron chi connectivity index (χ1n) is 8.24. The summed E-state index contributed by atoms with van der Waals surface area (Å²) in [6.45, 7) is 0.0424. The monoisotopic (exact) mass is 391 g/mol. The van der Waals surface area contributed by atoms with E-state index < -0.39 is 27.2 Å². The highest BCUT2D eigenvalue weighted by atomic mass is 32.2. The van der Waals surface area contributed by atoms with Crippen LogP contribution in [0.2, 0.25) is 0 Å². The van der Waals surface area contributed by atoms with E-state index >= 15 is 0 Å². The van der Waals surface area contributed by atoms with Crippen LogP contribution < -0.4 is 10.6 Å². The van der Waals surface area contributed by atoms with E-state index in [4.69, 9.17) is 5.73 Å². The first-order chi connectivity index (χ1) is 12.1. The molecule has 2 unspecified atom stereocenters. The van der Waals surface area contributed by atoms with Gasteiger partial charge in [0.25, 0.3) is 0 Å². The van der Waals surface area contributed by atoms with Gasteiger partial charge in [0, 0.05) is 37.6 Å². The van der Waals surface area contributed by atoms with Crippen molar-refractivity contribution in [3.8, 4) is 0 Å². The number of halogens is 3. The molecule has 2 aliphatic heterocycles. The van der Waals surface area contributed by atoms with Crippen LogP contribution in [0.4, 0.5) is 24.5 Å². The molecule has 1 aromatic rings. The van der Waals surface area contributed by atoms with E-state index in [1.165, 1.54) is 17.0 Å². The van der Waals surface area contributed by atoms with Gasteiger partial charge in [-0.25, -0.2) is 8.42 Å². The quantitative estimate of drug-likeness (QED) is 0.625. The second-order valence-electron chi connectivity index (χ2n) is 6.75. The standard InChI is InChI=1S/C16H20F3N3O3S/c17-16(18,19)11-3-4-22(8-11)14-7-12(20)1-2-13(14)15-9-21(10-23)5-6-26(15,24)25/h1-2,7,10-11,15H,3-6,8-9,20H2. The average molecular weight is 391 g/mol. The molecule has 2 N–H and O–H groups in total. The molecule has 0 bridgehead atoms. The Balaban J connectivity index is 1.97. The van der Waals surface area contributed by atoms with Crippen LogP contribution in [0.3, 0.4) is 0 Å². The van der Waals surface area contributed by atoms with Gasteiger partial charge in [-0.2, -0.15) is 13.2 Å². The minimum Gasteiger partial charge on any atom is -0.399 e. The van der Waals surface area contributed by atoms with Crippen molar-refractivity contribution in [1.29, 1.82) is 0 Å². The summed E-state index contributed by atoms with van der Waals surface area (Å²) in [6, 6.07) is 4.59. The van der Waals surface area contributed by atoms with Gasteiger partial charge in [0.1, 0.15) is 5.25 Å². The van der Waals surface area contributed by atoms with E-state index in [9.17, 15) is 26.4 Å². The number of hydrogen-bond acceptors (Lipinski definition) is 5. The summed E-state index contributed by atoms with van der Waals surface area (Å²) in [7, 11) is -3.52. The van der Waals surface area contributed by atoms with Crippen LogP contribution >= 0.6 is 0 Å². The number of nitrogens with zero attached hydrogens (tertiary/aromatic N) is 2. The summed E-state index contributed by atoms with van der Waals surface area (Å²) in [6.07, 6.45) is -3.75. The molecule has 3 rings (SSSR count). The molecule has 0 radical (unpaired) electrons. The van der Waals surface area contributed by atoms with Gasteiger partial charge in [0.05, 0.1) is 11.7 Å². The zero-order valence-corrected chi connectivity index (χ0v) is 14.8. The van der Waals surface area contributed by atoms with Crippen LogP contribution in [-0.2, 0) is 14.6 Å². The van der Waals surface area contributed by atoms with E-state index in [1.54, 1.807) is 11.0 Å². The van der Waals surface area contributed by atoms with Crippen molar-refractivity contribution >= 4 is 27.6 Å². The first kappa shape index (κ1) is 18.8. The number of carbonyl (C=O) groups is 1. The highest BCUT2D eigenvalue weighted by Crippen LogP contribution is 2.40. The van der Waals surface area contributed by atoms with Crippen molar-refractivity contribution in [2.45, 2.75) is 17.8 Å². The molecule has 144 valence electrons. The third kappa shape index (κ3) is 3.60. The minimum atomic E-state index is -4.29. The summed E-state index contributed by atoms with van der Waals surface area (Å²) in [5.74, 6) is -1.63. The van der Waals surface area contributed by atoms with Gasteiger partial charge >= 0.3 is 6.18 Å². The molecular formula is C16H20F3N3O3S. The molecule has 10 heteroatoms. The summed E-state index contributed by atoms with van der Waals surface area (Å²) in [5.41, 5.74) is 6.95. The molecule has 1 amide bonds. The molecule has 2 aliphatic rings. The number of benzene rings is 1. The lowest BCUT2D eigenvalue weighted by molar-refractivity contribution is -0.168. The van der Waals surface area contributed by atoms with Gasteiger partial charge in [-0.1, -0.05) is 6.07 Å². The SMILES string of the molecule is Nc1ccc(C2CN(C=O)CCS2(=O)=O)c(N2CCC(C(F)(F)F)C2)c1. The topological polar surface area (TPSA) is 83.7 Å². The van der Waals surface area contributed by atoms with Gasteiger partial charge in [0.15, 0.2) is 9.84 Å². The number of rotatable bonds is 3. The van der Waals surface area contributed by atoms with Crippen molar-refractivity contribution in [2.24, 2.45) is 5.92 Å². The van der Waals surface area contributed by atoms with Crippen LogP contribution in [0, 0.1) is 5.92 Å². The molecule has 0 aliphatic carbocycles. The van der Waals surface area contributed by atoms with Crippen molar-refractivity contribution in [3.63, 3.8) is 0 Å². The number of sulfone groups is 1. The van der Waals surface area contributed by atoms with Gasteiger partial charge in [0.2, 0.25) is 6.41 Å². The predicted octanol–water partition coefficient (Wildman–Crippen LogP) is 1.59. The lowest BCUT2D eigenvalue weighted by Gasteiger charge is -2.33. The molecule has 6 nitrogen and oxygen atoms in total. The Bertz CT molecular complexity index is 798. The number of carbonyl (C=O) groups excluding carboxylic acids is 1. The highest BCUT2D eigenvalue weighted by Gasteiger charge is 2.44. The van der Waals surface area contributed by atoms with Crippen LogP contribution in [0.5, 0.6) is 0 Å². The van der Waals surface area contributed by atoms with E-state index in [0.29, 0.717) is 23.3 Å². The van der Waals surface area contributed by atoms with Gasteiger partial charge in [-0.05, 0) is 24.1 Å². The first-order valence-corrected chi connectivity index (χ1v) is 9.95. The Morgan fingerprint density at radius 3 is 2.54 bits per heavy atom. The molecule has 2 fully saturated rings. The Kier molecular flexibility index (Phi) is 4.80. The Morgan fingerprint density at radius 2 is 1.92 bits per heavy atom. The molecule has 0 aromatic heterocycles. The maximum absolute atomic E-state index is 13.0. The number of nitrogens with two attached hydrogens (primary N) is 1. The van der Waals surface area contributed by atoms with Crippen LogP contribution in [0.15, 0.2) is 18.2 Å². The number of anilines is 2. The summed E-state index contributed by atoms with van der Waals surface area (Å²) < 4.78 is 64.1. The van der Waals surface area contributed by atoms with E-state index in [1.807, 2.05) is 0 Å². The Hall–Kier alpha value is -1.97. The van der Waals surface area contributed by atoms with E-state index in [-0.39, 0.29) is 38.4 Å². The average Bonchev–Trinajstić information content (AvgIpc) is 3.05. The molecule has 1 aromatic carbocycles. The normalized spacial score (nSPS) is 26.1. The van der Waals surface area contributed by atoms with Crippen LogP contribution in [0.1, 0.15) is 17.2 Å². The van der Waals surface area contributed by atoms with Crippen molar-refractivity contribution in [3.05, 3.63) is 23.8 Å². The fourth-order valence-electron chi connectivity index (χ4n) is 3.55. The van der Waals surface area contributed by atoms with Crippen LogP contribution in [-0.4, -0.2) is 57.8 Å². The molecular weight excluding hydrogens is 371 g/mol. The van der Waals surface area contributed by atoms with Crippen molar-refractivity contribution in [1.82, 2.24) is 4.90 Å². The number of alkyl halides is 3. The van der Waals surface area contributed by atoms with Crippen LogP contribution in [0.25, 0.3) is 0 Å². The van der Waals surface area contributed by atoms with E-state index in [2.05, 4.69) is 0 Å². The number of hydrogen-bond donors (Lipinski definition) is 1. The Labute approximate surface area is 149 Å². The summed E-state index contributed by atoms with van der Waals surface area (Å²) in [5, 5.41) is -0.970. The highest BCUT2D eigenvalue weighted by molar-refractivity contribution is 7.91. The third-order valence-electron chi connectivity index (χ3n) is 5.04. The molecule has 2 saturated heterocycles. The van der Waals surface area contributed by atoms with Crippen molar-refractivity contribution in [2.75, 3.05) is 42.6 Å². The molecule has 2 atom stereocenters. The third-order valence-corrected chi connectivity index (χ3v) is 7.06. The van der Waals surface area contributed by atoms with Gasteiger partial charge < -0.3 is 15.5 Å². The lowest BCUT2D eigenvalue weighted by atomic mass is 10.1. The van der Waals surface area contributed by atoms with Gasteiger partial charge in [-0.3, -0.25) is 4.79 Å². The zero-order chi connectivity index (χ0) is 19.1.